The van der Waals surface area contributed by atoms with Gasteiger partial charge in [0.2, 0.25) is 0 Å². The molecule has 30 heavy (non-hydrogen) atoms. The molecule has 0 aliphatic rings. The minimum Gasteiger partial charge on any atom is -0.507 e. The van der Waals surface area contributed by atoms with Gasteiger partial charge >= 0.3 is 0 Å². The molecular formula is C25H24O5. The Labute approximate surface area is 174 Å². The Morgan fingerprint density at radius 1 is 1.03 bits per heavy atom. The summed E-state index contributed by atoms with van der Waals surface area (Å²) in [7, 11) is 0. The Hall–Kier alpha value is -3.60. The fraction of sp³-hybridized carbons (Fsp3) is 0.200. The van der Waals surface area contributed by atoms with Crippen LogP contribution in [0.4, 0.5) is 0 Å². The molecule has 2 N–H and O–H groups in total. The molecule has 0 aliphatic carbocycles. The van der Waals surface area contributed by atoms with Gasteiger partial charge in [0, 0.05) is 17.7 Å². The molecule has 1 aromatic heterocycles. The zero-order valence-corrected chi connectivity index (χ0v) is 17.2. The maximum absolute atomic E-state index is 13.0. The lowest BCUT2D eigenvalue weighted by atomic mass is 10.0. The van der Waals surface area contributed by atoms with Crippen LogP contribution >= 0.6 is 0 Å². The van der Waals surface area contributed by atoms with Gasteiger partial charge in [-0.1, -0.05) is 47.6 Å². The van der Waals surface area contributed by atoms with Gasteiger partial charge in [0.25, 0.3) is 0 Å². The van der Waals surface area contributed by atoms with Crippen molar-refractivity contribution < 1.29 is 19.4 Å². The third kappa shape index (κ3) is 4.51. The topological polar surface area (TPSA) is 87.7 Å². The van der Waals surface area contributed by atoms with Crippen molar-refractivity contribution in [2.75, 3.05) is 0 Å². The summed E-state index contributed by atoms with van der Waals surface area (Å²) in [5.41, 5.74) is 1.92. The number of hydrogen-bond donors (Lipinski definition) is 2. The van der Waals surface area contributed by atoms with Gasteiger partial charge in [0.1, 0.15) is 28.2 Å². The largest absolute Gasteiger partial charge is 0.507 e. The zero-order valence-electron chi connectivity index (χ0n) is 17.2. The first-order valence-corrected chi connectivity index (χ1v) is 9.71. The van der Waals surface area contributed by atoms with Crippen LogP contribution < -0.4 is 5.43 Å². The second-order valence-corrected chi connectivity index (χ2v) is 7.51. The Balaban J connectivity index is 2.14. The lowest BCUT2D eigenvalue weighted by molar-refractivity contribution is 0.104. The van der Waals surface area contributed by atoms with Crippen molar-refractivity contribution in [3.05, 3.63) is 81.5 Å². The standard InChI is InChI=1S/C25H24O5/c1-15(2)8-7-9-16(3)12-18(26)23-19(27)13-20(28)24-21(29)14-22(30-25(23)24)17-10-5-4-6-11-17/h4-6,8,10-14,27-28H,7,9H2,1-3H3/b16-12+. The van der Waals surface area contributed by atoms with Gasteiger partial charge in [0.05, 0.1) is 0 Å². The molecule has 0 radical (unpaired) electrons. The molecule has 0 saturated heterocycles. The van der Waals surface area contributed by atoms with Gasteiger partial charge in [-0.2, -0.15) is 0 Å². The maximum Gasteiger partial charge on any atom is 0.197 e. The van der Waals surface area contributed by atoms with Gasteiger partial charge in [-0.3, -0.25) is 9.59 Å². The highest BCUT2D eigenvalue weighted by atomic mass is 16.3. The fourth-order valence-corrected chi connectivity index (χ4v) is 3.24. The SMILES string of the molecule is CC(C)=CCC/C(C)=C/C(=O)c1c(O)cc(O)c2c(=O)cc(-c3ccccc3)oc12. The maximum atomic E-state index is 13.0. The highest BCUT2D eigenvalue weighted by Gasteiger charge is 2.22. The molecule has 0 amide bonds. The molecule has 0 aliphatic heterocycles. The number of ketones is 1. The van der Waals surface area contributed by atoms with Gasteiger partial charge in [-0.25, -0.2) is 0 Å². The number of hydrogen-bond acceptors (Lipinski definition) is 5. The average molecular weight is 404 g/mol. The zero-order chi connectivity index (χ0) is 21.8. The number of phenolic OH excluding ortho intramolecular Hbond substituents is 2. The summed E-state index contributed by atoms with van der Waals surface area (Å²) in [5, 5.41) is 20.5. The van der Waals surface area contributed by atoms with Crippen molar-refractivity contribution in [3.63, 3.8) is 0 Å². The summed E-state index contributed by atoms with van der Waals surface area (Å²) in [5.74, 6) is -1.11. The van der Waals surface area contributed by atoms with E-state index in [1.165, 1.54) is 17.7 Å². The molecule has 5 heteroatoms. The van der Waals surface area contributed by atoms with Gasteiger partial charge in [0.15, 0.2) is 16.8 Å². The summed E-state index contributed by atoms with van der Waals surface area (Å²) in [6, 6.07) is 11.2. The summed E-state index contributed by atoms with van der Waals surface area (Å²) in [4.78, 5) is 25.6. The monoisotopic (exact) mass is 404 g/mol. The van der Waals surface area contributed by atoms with Crippen molar-refractivity contribution in [1.82, 2.24) is 0 Å². The van der Waals surface area contributed by atoms with E-state index in [0.29, 0.717) is 12.0 Å². The summed E-state index contributed by atoms with van der Waals surface area (Å²) < 4.78 is 5.86. The average Bonchev–Trinajstić information content (AvgIpc) is 2.67. The van der Waals surface area contributed by atoms with Gasteiger partial charge in [-0.05, 0) is 39.7 Å². The Morgan fingerprint density at radius 2 is 1.73 bits per heavy atom. The van der Waals surface area contributed by atoms with Crippen LogP contribution in [0, 0.1) is 0 Å². The van der Waals surface area contributed by atoms with E-state index in [2.05, 4.69) is 6.08 Å². The third-order valence-corrected chi connectivity index (χ3v) is 4.73. The summed E-state index contributed by atoms with van der Waals surface area (Å²) >= 11 is 0. The fourth-order valence-electron chi connectivity index (χ4n) is 3.24. The number of carbonyl (C=O) groups excluding carboxylic acids is 1. The lowest BCUT2D eigenvalue weighted by Gasteiger charge is -2.10. The number of fused-ring (bicyclic) bond motifs is 1. The molecule has 0 unspecified atom stereocenters. The van der Waals surface area contributed by atoms with E-state index in [1.54, 1.807) is 24.3 Å². The highest BCUT2D eigenvalue weighted by Crippen LogP contribution is 2.35. The first-order chi connectivity index (χ1) is 14.3. The summed E-state index contributed by atoms with van der Waals surface area (Å²) in [6.07, 6.45) is 5.00. The van der Waals surface area contributed by atoms with Crippen molar-refractivity contribution in [1.29, 1.82) is 0 Å². The first kappa shape index (κ1) is 21.1. The van der Waals surface area contributed by atoms with Gasteiger partial charge < -0.3 is 14.6 Å². The smallest absolute Gasteiger partial charge is 0.197 e. The molecule has 0 fully saturated rings. The molecule has 1 heterocycles. The van der Waals surface area contributed by atoms with E-state index < -0.39 is 22.7 Å². The predicted molar refractivity (Wildman–Crippen MR) is 118 cm³/mol. The lowest BCUT2D eigenvalue weighted by Crippen LogP contribution is -2.06. The molecule has 0 spiro atoms. The van der Waals surface area contributed by atoms with Crippen LogP contribution in [0.15, 0.2) is 75.0 Å². The number of benzene rings is 2. The molecule has 0 bridgehead atoms. The normalized spacial score (nSPS) is 11.5. The van der Waals surface area contributed by atoms with Crippen molar-refractivity contribution in [2.45, 2.75) is 33.6 Å². The summed E-state index contributed by atoms with van der Waals surface area (Å²) in [6.45, 7) is 5.86. The van der Waals surface area contributed by atoms with Crippen LogP contribution in [0.1, 0.15) is 44.0 Å². The highest BCUT2D eigenvalue weighted by molar-refractivity contribution is 6.15. The number of rotatable bonds is 6. The Bertz CT molecular complexity index is 1210. The van der Waals surface area contributed by atoms with Crippen LogP contribution in [0.5, 0.6) is 11.5 Å². The van der Waals surface area contributed by atoms with Crippen LogP contribution in [0.25, 0.3) is 22.3 Å². The molecule has 5 nitrogen and oxygen atoms in total. The van der Waals surface area contributed by atoms with E-state index in [-0.39, 0.29) is 22.3 Å². The van der Waals surface area contributed by atoms with E-state index in [1.807, 2.05) is 26.8 Å². The molecular weight excluding hydrogens is 380 g/mol. The molecule has 154 valence electrons. The number of aromatic hydroxyl groups is 2. The molecule has 2 aromatic carbocycles. The van der Waals surface area contributed by atoms with Crippen LogP contribution in [0.3, 0.4) is 0 Å². The third-order valence-electron chi connectivity index (χ3n) is 4.73. The first-order valence-electron chi connectivity index (χ1n) is 9.71. The van der Waals surface area contributed by atoms with Crippen molar-refractivity contribution >= 4 is 16.8 Å². The van der Waals surface area contributed by atoms with E-state index in [4.69, 9.17) is 4.42 Å². The number of carbonyl (C=O) groups is 1. The molecule has 0 saturated carbocycles. The van der Waals surface area contributed by atoms with E-state index in [0.717, 1.165) is 18.1 Å². The number of phenols is 2. The second-order valence-electron chi connectivity index (χ2n) is 7.51. The van der Waals surface area contributed by atoms with Gasteiger partial charge in [-0.15, -0.1) is 0 Å². The quantitative estimate of drug-likeness (QED) is 0.310. The van der Waals surface area contributed by atoms with E-state index >= 15 is 0 Å². The molecule has 3 rings (SSSR count). The minimum atomic E-state index is -0.495. The molecule has 0 atom stereocenters. The van der Waals surface area contributed by atoms with Crippen LogP contribution in [0.2, 0.25) is 0 Å². The minimum absolute atomic E-state index is 0.128. The predicted octanol–water partition coefficient (Wildman–Crippen LogP) is 5.75. The van der Waals surface area contributed by atoms with Crippen LogP contribution in [-0.2, 0) is 0 Å². The van der Waals surface area contributed by atoms with Crippen molar-refractivity contribution in [3.8, 4) is 22.8 Å². The second kappa shape index (κ2) is 8.82. The van der Waals surface area contributed by atoms with E-state index in [9.17, 15) is 19.8 Å². The van der Waals surface area contributed by atoms with Crippen molar-refractivity contribution in [2.24, 2.45) is 0 Å². The Kier molecular flexibility index (Phi) is 6.21. The van der Waals surface area contributed by atoms with Crippen LogP contribution in [-0.4, -0.2) is 16.0 Å². The number of allylic oxidation sites excluding steroid dienone is 4. The molecule has 3 aromatic rings. The Morgan fingerprint density at radius 3 is 2.40 bits per heavy atom.